The van der Waals surface area contributed by atoms with Crippen LogP contribution in [0.25, 0.3) is 0 Å². The Balaban J connectivity index is 1.75. The molecule has 0 aliphatic carbocycles. The Labute approximate surface area is 197 Å². The lowest BCUT2D eigenvalue weighted by atomic mass is 9.78. The third-order valence-corrected chi connectivity index (χ3v) is 5.98. The van der Waals surface area contributed by atoms with Crippen molar-refractivity contribution in [3.63, 3.8) is 0 Å². The van der Waals surface area contributed by atoms with Crippen molar-refractivity contribution in [3.05, 3.63) is 65.7 Å². The molecular weight excluding hydrogens is 417 g/mol. The summed E-state index contributed by atoms with van der Waals surface area (Å²) in [5.74, 6) is -0.790. The molecular formula is C26H34BNO5. The van der Waals surface area contributed by atoms with Crippen LogP contribution in [-0.4, -0.2) is 41.8 Å². The van der Waals surface area contributed by atoms with Crippen LogP contribution in [0.5, 0.6) is 0 Å². The minimum Gasteiger partial charge on any atom is -0.458 e. The smallest absolute Gasteiger partial charge is 0.458 e. The van der Waals surface area contributed by atoms with Crippen molar-refractivity contribution < 1.29 is 23.6 Å². The van der Waals surface area contributed by atoms with E-state index in [0.29, 0.717) is 12.0 Å². The van der Waals surface area contributed by atoms with E-state index in [2.05, 4.69) is 5.32 Å². The van der Waals surface area contributed by atoms with Crippen molar-refractivity contribution in [1.29, 1.82) is 0 Å². The molecule has 33 heavy (non-hydrogen) atoms. The summed E-state index contributed by atoms with van der Waals surface area (Å²) >= 11 is 0. The molecule has 0 radical (unpaired) electrons. The topological polar surface area (TPSA) is 73.9 Å². The van der Waals surface area contributed by atoms with Crippen LogP contribution in [-0.2, 0) is 25.3 Å². The number of hydrogen-bond acceptors (Lipinski definition) is 5. The molecule has 0 aromatic heterocycles. The van der Waals surface area contributed by atoms with Gasteiger partial charge >= 0.3 is 13.1 Å². The lowest BCUT2D eigenvalue weighted by Crippen LogP contribution is -2.45. The van der Waals surface area contributed by atoms with Crippen molar-refractivity contribution in [1.82, 2.24) is 5.32 Å². The van der Waals surface area contributed by atoms with Crippen molar-refractivity contribution in [2.24, 2.45) is 0 Å². The average Bonchev–Trinajstić information content (AvgIpc) is 2.94. The van der Waals surface area contributed by atoms with Gasteiger partial charge in [-0.05, 0) is 71.6 Å². The van der Waals surface area contributed by atoms with E-state index in [1.807, 2.05) is 58.0 Å². The van der Waals surface area contributed by atoms with Crippen LogP contribution in [0.15, 0.2) is 54.6 Å². The van der Waals surface area contributed by atoms with Crippen LogP contribution in [0, 0.1) is 0 Å². The zero-order chi connectivity index (χ0) is 24.4. The summed E-state index contributed by atoms with van der Waals surface area (Å²) in [4.78, 5) is 25.6. The van der Waals surface area contributed by atoms with Gasteiger partial charge in [0.2, 0.25) is 0 Å². The first kappa shape index (κ1) is 25.0. The van der Waals surface area contributed by atoms with Gasteiger partial charge in [0.15, 0.2) is 0 Å². The molecule has 0 spiro atoms. The normalized spacial score (nSPS) is 18.0. The highest BCUT2D eigenvalue weighted by molar-refractivity contribution is 6.62. The summed E-state index contributed by atoms with van der Waals surface area (Å²) in [6, 6.07) is 15.7. The van der Waals surface area contributed by atoms with Crippen molar-refractivity contribution in [2.75, 3.05) is 0 Å². The van der Waals surface area contributed by atoms with E-state index in [1.165, 1.54) is 0 Å². The van der Waals surface area contributed by atoms with Crippen LogP contribution in [0.2, 0.25) is 0 Å². The van der Waals surface area contributed by atoms with Crippen molar-refractivity contribution >= 4 is 24.5 Å². The molecule has 1 atom stereocenters. The van der Waals surface area contributed by atoms with Crippen LogP contribution in [0.1, 0.15) is 64.4 Å². The molecule has 1 heterocycles. The summed E-state index contributed by atoms with van der Waals surface area (Å²) in [7, 11) is -0.455. The van der Waals surface area contributed by atoms with E-state index in [1.54, 1.807) is 45.0 Å². The van der Waals surface area contributed by atoms with Gasteiger partial charge in [-0.15, -0.1) is 0 Å². The molecule has 1 fully saturated rings. The van der Waals surface area contributed by atoms with Crippen LogP contribution < -0.4 is 10.8 Å². The number of rotatable bonds is 6. The Hall–Kier alpha value is -2.64. The Morgan fingerprint density at radius 3 is 2.00 bits per heavy atom. The molecule has 1 saturated heterocycles. The molecule has 2 aromatic carbocycles. The molecule has 176 valence electrons. The highest BCUT2D eigenvalue weighted by Crippen LogP contribution is 2.36. The first-order valence-electron chi connectivity index (χ1n) is 11.3. The van der Waals surface area contributed by atoms with Gasteiger partial charge in [-0.3, -0.25) is 4.79 Å². The molecule has 0 unspecified atom stereocenters. The molecule has 0 saturated carbocycles. The number of carbonyl (C=O) groups is 2. The molecule has 1 aliphatic rings. The molecule has 6 nitrogen and oxygen atoms in total. The average molecular weight is 451 g/mol. The number of nitrogens with one attached hydrogen (secondary N) is 1. The Bertz CT molecular complexity index is 964. The predicted octanol–water partition coefficient (Wildman–Crippen LogP) is 3.67. The van der Waals surface area contributed by atoms with Crippen molar-refractivity contribution in [2.45, 2.75) is 77.7 Å². The molecule has 1 amide bonds. The van der Waals surface area contributed by atoms with Gasteiger partial charge in [-0.1, -0.05) is 42.5 Å². The molecule has 2 aromatic rings. The highest BCUT2D eigenvalue weighted by Gasteiger charge is 2.51. The minimum atomic E-state index is -0.820. The van der Waals surface area contributed by atoms with E-state index in [0.717, 1.165) is 11.0 Å². The lowest BCUT2D eigenvalue weighted by Gasteiger charge is -2.32. The fourth-order valence-electron chi connectivity index (χ4n) is 3.42. The maximum Gasteiger partial charge on any atom is 0.494 e. The Kier molecular flexibility index (Phi) is 7.06. The Morgan fingerprint density at radius 2 is 1.48 bits per heavy atom. The van der Waals surface area contributed by atoms with E-state index in [4.69, 9.17) is 14.0 Å². The fraction of sp³-hybridized carbons (Fsp3) is 0.462. The number of hydrogen-bond donors (Lipinski definition) is 1. The second-order valence-corrected chi connectivity index (χ2v) is 10.5. The van der Waals surface area contributed by atoms with Gasteiger partial charge in [0.1, 0.15) is 11.6 Å². The van der Waals surface area contributed by atoms with Crippen LogP contribution >= 0.6 is 0 Å². The first-order valence-corrected chi connectivity index (χ1v) is 11.3. The third kappa shape index (κ3) is 6.24. The third-order valence-electron chi connectivity index (χ3n) is 5.98. The zero-order valence-corrected chi connectivity index (χ0v) is 20.6. The first-order chi connectivity index (χ1) is 15.3. The van der Waals surface area contributed by atoms with Gasteiger partial charge in [-0.2, -0.15) is 0 Å². The molecule has 1 N–H and O–H groups in total. The number of carbonyl (C=O) groups excluding carboxylic acids is 2. The van der Waals surface area contributed by atoms with Crippen LogP contribution in [0.3, 0.4) is 0 Å². The molecule has 1 aliphatic heterocycles. The van der Waals surface area contributed by atoms with E-state index >= 15 is 0 Å². The van der Waals surface area contributed by atoms with E-state index < -0.39 is 35.9 Å². The molecule has 7 heteroatoms. The second kappa shape index (κ2) is 9.31. The standard InChI is InChI=1S/C26H34BNO5/c1-24(2,3)31-23(30)21(28-22(29)19-11-9-8-10-12-19)17-18-13-15-20(16-14-18)27-32-25(4,5)26(6,7)33-27/h8-16,21H,17H2,1-7H3,(H,28,29)/t21-/m0/s1. The SMILES string of the molecule is CC(C)(C)OC(=O)[C@H](Cc1ccc(B2OC(C)(C)C(C)(C)O2)cc1)NC(=O)c1ccccc1. The van der Waals surface area contributed by atoms with Gasteiger partial charge in [0.25, 0.3) is 5.91 Å². The van der Waals surface area contributed by atoms with Gasteiger partial charge in [0.05, 0.1) is 11.2 Å². The molecule has 3 rings (SSSR count). The van der Waals surface area contributed by atoms with Gasteiger partial charge in [0, 0.05) is 12.0 Å². The Morgan fingerprint density at radius 1 is 0.939 bits per heavy atom. The lowest BCUT2D eigenvalue weighted by molar-refractivity contribution is -0.157. The maximum atomic E-state index is 12.9. The summed E-state index contributed by atoms with van der Waals surface area (Å²) in [5.41, 5.74) is 0.786. The summed E-state index contributed by atoms with van der Waals surface area (Å²) in [5, 5.41) is 2.83. The summed E-state index contributed by atoms with van der Waals surface area (Å²) < 4.78 is 17.8. The largest absolute Gasteiger partial charge is 0.494 e. The fourth-order valence-corrected chi connectivity index (χ4v) is 3.42. The second-order valence-electron chi connectivity index (χ2n) is 10.5. The van der Waals surface area contributed by atoms with Crippen molar-refractivity contribution in [3.8, 4) is 0 Å². The number of ether oxygens (including phenoxy) is 1. The van der Waals surface area contributed by atoms with E-state index in [-0.39, 0.29) is 5.91 Å². The molecule has 0 bridgehead atoms. The highest BCUT2D eigenvalue weighted by atomic mass is 16.7. The van der Waals surface area contributed by atoms with Crippen LogP contribution in [0.4, 0.5) is 0 Å². The minimum absolute atomic E-state index is 0.303. The van der Waals surface area contributed by atoms with Gasteiger partial charge in [-0.25, -0.2) is 4.79 Å². The number of amides is 1. The summed E-state index contributed by atoms with van der Waals surface area (Å²) in [6.07, 6.45) is 0.303. The maximum absolute atomic E-state index is 12.9. The predicted molar refractivity (Wildman–Crippen MR) is 129 cm³/mol. The summed E-state index contributed by atoms with van der Waals surface area (Å²) in [6.45, 7) is 13.5. The number of esters is 1. The number of benzene rings is 2. The zero-order valence-electron chi connectivity index (χ0n) is 20.6. The quantitative estimate of drug-likeness (QED) is 0.536. The van der Waals surface area contributed by atoms with E-state index in [9.17, 15) is 9.59 Å². The monoisotopic (exact) mass is 451 g/mol. The van der Waals surface area contributed by atoms with Gasteiger partial charge < -0.3 is 19.4 Å².